The molecule has 0 radical (unpaired) electrons. The third kappa shape index (κ3) is 4.38. The van der Waals surface area contributed by atoms with Gasteiger partial charge >= 0.3 is 11.7 Å². The first-order valence-electron chi connectivity index (χ1n) is 4.68. The van der Waals surface area contributed by atoms with Gasteiger partial charge in [-0.05, 0) is 0 Å². The van der Waals surface area contributed by atoms with Crippen molar-refractivity contribution in [3.63, 3.8) is 0 Å². The van der Waals surface area contributed by atoms with Crippen molar-refractivity contribution in [1.29, 1.82) is 0 Å². The molecule has 0 aliphatic rings. The Bertz CT molecular complexity index is 459. The lowest BCUT2D eigenvalue weighted by Crippen LogP contribution is -2.34. The number of carboxylic acid groups (broad SMARTS) is 1. The molecule has 18 heavy (non-hydrogen) atoms. The quantitative estimate of drug-likeness (QED) is 0.433. The Morgan fingerprint density at radius 3 is 2.44 bits per heavy atom. The third-order valence-electron chi connectivity index (χ3n) is 1.69. The Kier molecular flexibility index (Phi) is 4.49. The maximum absolute atomic E-state index is 11.1. The highest BCUT2D eigenvalue weighted by Gasteiger charge is 2.08. The van der Waals surface area contributed by atoms with Crippen LogP contribution in [0, 0.1) is 10.1 Å². The number of rotatable bonds is 6. The Morgan fingerprint density at radius 2 is 1.94 bits per heavy atom. The third-order valence-corrected chi connectivity index (χ3v) is 1.69. The predicted molar refractivity (Wildman–Crippen MR) is 57.8 cm³/mol. The standard InChI is InChI=1S/C8H9N5O5/c14-6(9-4-7(15)16)3-12-8-10-1-5(2-11-8)13(17)18/h1-2H,3-4H2,(H,9,14)(H,15,16)(H,10,11,12). The highest BCUT2D eigenvalue weighted by atomic mass is 16.6. The van der Waals surface area contributed by atoms with Gasteiger partial charge in [-0.1, -0.05) is 0 Å². The second-order valence-corrected chi connectivity index (χ2v) is 3.05. The van der Waals surface area contributed by atoms with Gasteiger partial charge in [-0.3, -0.25) is 19.7 Å². The van der Waals surface area contributed by atoms with E-state index in [4.69, 9.17) is 5.11 Å². The maximum Gasteiger partial charge on any atom is 0.322 e. The van der Waals surface area contributed by atoms with Crippen molar-refractivity contribution in [2.75, 3.05) is 18.4 Å². The highest BCUT2D eigenvalue weighted by molar-refractivity contribution is 5.83. The van der Waals surface area contributed by atoms with E-state index in [0.717, 1.165) is 12.4 Å². The molecule has 10 nitrogen and oxygen atoms in total. The fourth-order valence-corrected chi connectivity index (χ4v) is 0.903. The number of carbonyl (C=O) groups excluding carboxylic acids is 1. The molecule has 1 aromatic heterocycles. The number of carboxylic acids is 1. The molecule has 0 unspecified atom stereocenters. The molecule has 0 fully saturated rings. The van der Waals surface area contributed by atoms with Crippen LogP contribution in [0.4, 0.5) is 11.6 Å². The van der Waals surface area contributed by atoms with Crippen LogP contribution in [0.3, 0.4) is 0 Å². The zero-order valence-corrected chi connectivity index (χ0v) is 8.99. The Labute approximate surface area is 100 Å². The summed E-state index contributed by atoms with van der Waals surface area (Å²) in [6, 6.07) is 0. The van der Waals surface area contributed by atoms with E-state index in [1.54, 1.807) is 0 Å². The molecule has 1 amide bonds. The summed E-state index contributed by atoms with van der Waals surface area (Å²) in [6.07, 6.45) is 1.98. The molecule has 3 N–H and O–H groups in total. The Hall–Kier alpha value is -2.78. The van der Waals surface area contributed by atoms with E-state index < -0.39 is 23.3 Å². The minimum absolute atomic E-state index is 0.0334. The second kappa shape index (κ2) is 6.08. The normalized spacial score (nSPS) is 9.56. The van der Waals surface area contributed by atoms with E-state index in [1.807, 2.05) is 0 Å². The van der Waals surface area contributed by atoms with Gasteiger partial charge in [0.25, 0.3) is 0 Å². The molecule has 1 heterocycles. The Balaban J connectivity index is 2.41. The number of nitrogens with zero attached hydrogens (tertiary/aromatic N) is 3. The molecule has 0 aliphatic carbocycles. The zero-order chi connectivity index (χ0) is 13.5. The lowest BCUT2D eigenvalue weighted by molar-refractivity contribution is -0.385. The highest BCUT2D eigenvalue weighted by Crippen LogP contribution is 2.07. The van der Waals surface area contributed by atoms with Crippen molar-refractivity contribution in [1.82, 2.24) is 15.3 Å². The largest absolute Gasteiger partial charge is 0.480 e. The van der Waals surface area contributed by atoms with Gasteiger partial charge in [0, 0.05) is 0 Å². The monoisotopic (exact) mass is 255 g/mol. The van der Waals surface area contributed by atoms with E-state index in [1.165, 1.54) is 0 Å². The number of carbonyl (C=O) groups is 2. The topological polar surface area (TPSA) is 147 Å². The van der Waals surface area contributed by atoms with E-state index in [0.29, 0.717) is 0 Å². The van der Waals surface area contributed by atoms with Crippen LogP contribution in [0.2, 0.25) is 0 Å². The van der Waals surface area contributed by atoms with Crippen LogP contribution in [0.1, 0.15) is 0 Å². The summed E-state index contributed by atoms with van der Waals surface area (Å²) in [7, 11) is 0. The fraction of sp³-hybridized carbons (Fsp3) is 0.250. The molecule has 0 bridgehead atoms. The van der Waals surface area contributed by atoms with Gasteiger partial charge in [0.15, 0.2) is 0 Å². The average molecular weight is 255 g/mol. The molecule has 96 valence electrons. The first-order valence-corrected chi connectivity index (χ1v) is 4.68. The molecule has 0 spiro atoms. The molecular formula is C8H9N5O5. The first-order chi connectivity index (χ1) is 8.49. The number of nitro groups is 1. The second-order valence-electron chi connectivity index (χ2n) is 3.05. The first kappa shape index (κ1) is 13.3. The van der Waals surface area contributed by atoms with Crippen LogP contribution >= 0.6 is 0 Å². The minimum atomic E-state index is -1.16. The van der Waals surface area contributed by atoms with Crippen LogP contribution in [0.5, 0.6) is 0 Å². The summed E-state index contributed by atoms with van der Waals surface area (Å²) < 4.78 is 0. The van der Waals surface area contributed by atoms with Crippen molar-refractivity contribution >= 4 is 23.5 Å². The predicted octanol–water partition coefficient (Wildman–Crippen LogP) is -1.00. The number of amides is 1. The maximum atomic E-state index is 11.1. The molecule has 0 aliphatic heterocycles. The Morgan fingerprint density at radius 1 is 1.33 bits per heavy atom. The summed E-state index contributed by atoms with van der Waals surface area (Å²) in [5.41, 5.74) is -0.268. The van der Waals surface area contributed by atoms with Crippen molar-refractivity contribution < 1.29 is 19.6 Å². The van der Waals surface area contributed by atoms with Crippen LogP contribution < -0.4 is 10.6 Å². The molecular weight excluding hydrogens is 246 g/mol. The van der Waals surface area contributed by atoms with Crippen molar-refractivity contribution in [2.24, 2.45) is 0 Å². The van der Waals surface area contributed by atoms with Crippen LogP contribution in [0.15, 0.2) is 12.4 Å². The average Bonchev–Trinajstić information content (AvgIpc) is 2.34. The van der Waals surface area contributed by atoms with Crippen LogP contribution in [-0.2, 0) is 9.59 Å². The smallest absolute Gasteiger partial charge is 0.322 e. The number of aliphatic carboxylic acids is 1. The molecule has 0 atom stereocenters. The molecule has 1 rings (SSSR count). The lowest BCUT2D eigenvalue weighted by atomic mass is 10.5. The summed E-state index contributed by atoms with van der Waals surface area (Å²) in [4.78, 5) is 38.1. The molecule has 0 saturated heterocycles. The van der Waals surface area contributed by atoms with Gasteiger partial charge in [-0.2, -0.15) is 0 Å². The van der Waals surface area contributed by atoms with Gasteiger partial charge < -0.3 is 15.7 Å². The number of hydrogen-bond acceptors (Lipinski definition) is 7. The summed E-state index contributed by atoms with van der Waals surface area (Å²) in [6.45, 7) is -0.716. The molecule has 0 saturated carbocycles. The van der Waals surface area contributed by atoms with E-state index in [2.05, 4.69) is 20.6 Å². The molecule has 0 aromatic carbocycles. The van der Waals surface area contributed by atoms with Gasteiger partial charge in [0.1, 0.15) is 18.9 Å². The van der Waals surface area contributed by atoms with Crippen molar-refractivity contribution in [2.45, 2.75) is 0 Å². The number of aromatic nitrogens is 2. The van der Waals surface area contributed by atoms with E-state index >= 15 is 0 Å². The van der Waals surface area contributed by atoms with Gasteiger partial charge in [0.05, 0.1) is 11.5 Å². The van der Waals surface area contributed by atoms with Crippen molar-refractivity contribution in [3.8, 4) is 0 Å². The van der Waals surface area contributed by atoms with Gasteiger partial charge in [-0.15, -0.1) is 0 Å². The summed E-state index contributed by atoms with van der Waals surface area (Å²) in [5.74, 6) is -1.68. The summed E-state index contributed by atoms with van der Waals surface area (Å²) >= 11 is 0. The van der Waals surface area contributed by atoms with E-state index in [9.17, 15) is 19.7 Å². The van der Waals surface area contributed by atoms with Gasteiger partial charge in [-0.25, -0.2) is 9.97 Å². The number of hydrogen-bond donors (Lipinski definition) is 3. The fourth-order valence-electron chi connectivity index (χ4n) is 0.903. The zero-order valence-electron chi connectivity index (χ0n) is 8.99. The van der Waals surface area contributed by atoms with Gasteiger partial charge in [0.2, 0.25) is 11.9 Å². The molecule has 10 heteroatoms. The molecule has 1 aromatic rings. The van der Waals surface area contributed by atoms with E-state index in [-0.39, 0.29) is 18.2 Å². The minimum Gasteiger partial charge on any atom is -0.480 e. The van der Waals surface area contributed by atoms with Crippen molar-refractivity contribution in [3.05, 3.63) is 22.5 Å². The number of nitrogens with one attached hydrogen (secondary N) is 2. The SMILES string of the molecule is O=C(O)CNC(=O)CNc1ncc([N+](=O)[O-])cn1. The summed E-state index contributed by atoms with van der Waals surface area (Å²) in [5, 5.41) is 23.2. The van der Waals surface area contributed by atoms with Crippen LogP contribution in [0.25, 0.3) is 0 Å². The van der Waals surface area contributed by atoms with Crippen LogP contribution in [-0.4, -0.2) is 45.0 Å². The lowest BCUT2D eigenvalue weighted by Gasteiger charge is -2.04. The number of anilines is 1.